The number of nitrogens with one attached hydrogen (secondary N) is 2. The van der Waals surface area contributed by atoms with Crippen LogP contribution in [0.3, 0.4) is 0 Å². The van der Waals surface area contributed by atoms with Gasteiger partial charge in [-0.2, -0.15) is 12.6 Å². The largest absolute Gasteiger partial charge is 1.00 e. The molecular weight excluding hydrogens is 458 g/mol. The van der Waals surface area contributed by atoms with Crippen LogP contribution in [0.1, 0.15) is 27.0 Å². The number of quaternary nitrogens is 1. The van der Waals surface area contributed by atoms with Crippen LogP contribution in [0.15, 0.2) is 72.8 Å². The van der Waals surface area contributed by atoms with Crippen LogP contribution in [0.25, 0.3) is 0 Å². The lowest BCUT2D eigenvalue weighted by Crippen LogP contribution is -3.00. The number of hydrogen-bond donors (Lipinski definition) is 4. The van der Waals surface area contributed by atoms with E-state index >= 15 is 0 Å². The molecule has 0 saturated heterocycles. The maximum absolute atomic E-state index is 13.2. The van der Waals surface area contributed by atoms with E-state index in [0.29, 0.717) is 22.7 Å². The summed E-state index contributed by atoms with van der Waals surface area (Å²) in [5.41, 5.74) is 7.34. The van der Waals surface area contributed by atoms with Crippen molar-refractivity contribution >= 4 is 41.6 Å². The maximum Gasteiger partial charge on any atom is 0.283 e. The number of benzene rings is 3. The third-order valence-corrected chi connectivity index (χ3v) is 5.36. The summed E-state index contributed by atoms with van der Waals surface area (Å²) in [7, 11) is 0. The van der Waals surface area contributed by atoms with Crippen molar-refractivity contribution in [1.82, 2.24) is 0 Å². The fraction of sp³-hybridized carbons (Fsp3) is 0.160. The molecule has 0 bridgehead atoms. The van der Waals surface area contributed by atoms with Crippen molar-refractivity contribution in [3.8, 4) is 0 Å². The number of amides is 2. The Morgan fingerprint density at radius 2 is 1.61 bits per heavy atom. The average molecular weight is 484 g/mol. The summed E-state index contributed by atoms with van der Waals surface area (Å²) < 4.78 is 0. The van der Waals surface area contributed by atoms with E-state index in [-0.39, 0.29) is 42.0 Å². The number of halogens is 1. The number of carbonyl (C=O) groups is 3. The van der Waals surface area contributed by atoms with E-state index in [2.05, 4.69) is 29.0 Å². The summed E-state index contributed by atoms with van der Waals surface area (Å²) in [4.78, 5) is 38.1. The third kappa shape index (κ3) is 7.18. The Balaban J connectivity index is 0.00000385. The molecule has 1 atom stereocenters. The average Bonchev–Trinajstić information content (AvgIpc) is 2.81. The molecule has 0 heterocycles. The van der Waals surface area contributed by atoms with Gasteiger partial charge in [0.2, 0.25) is 5.91 Å². The van der Waals surface area contributed by atoms with Crippen LogP contribution in [-0.4, -0.2) is 29.4 Å². The van der Waals surface area contributed by atoms with Gasteiger partial charge in [0.05, 0.1) is 17.9 Å². The highest BCUT2D eigenvalue weighted by Gasteiger charge is 2.19. The second kappa shape index (κ2) is 12.2. The highest BCUT2D eigenvalue weighted by Crippen LogP contribution is 2.24. The van der Waals surface area contributed by atoms with Gasteiger partial charge in [-0.25, -0.2) is 0 Å². The van der Waals surface area contributed by atoms with E-state index in [1.807, 2.05) is 37.3 Å². The van der Waals surface area contributed by atoms with Gasteiger partial charge in [-0.1, -0.05) is 60.2 Å². The van der Waals surface area contributed by atoms with Gasteiger partial charge >= 0.3 is 0 Å². The SMILES string of the molecule is Cc1ccc(CC(=O)Nc2ccc(NC(=O)[C@@H]([NH3+])CS)cc2C(=O)c2ccccc2)cc1.[Cl-]. The molecule has 0 aliphatic heterocycles. The molecule has 2 amide bonds. The van der Waals surface area contributed by atoms with Crippen molar-refractivity contribution in [3.05, 3.63) is 95.1 Å². The zero-order chi connectivity index (χ0) is 23.1. The maximum atomic E-state index is 13.2. The summed E-state index contributed by atoms with van der Waals surface area (Å²) in [6, 6.07) is 20.8. The first-order valence-electron chi connectivity index (χ1n) is 10.2. The quantitative estimate of drug-likeness (QED) is 0.265. The van der Waals surface area contributed by atoms with Gasteiger partial charge < -0.3 is 28.8 Å². The van der Waals surface area contributed by atoms with Crippen molar-refractivity contribution in [2.24, 2.45) is 0 Å². The number of thiol groups is 1. The van der Waals surface area contributed by atoms with E-state index in [1.165, 1.54) is 0 Å². The lowest BCUT2D eigenvalue weighted by atomic mass is 10.0. The first-order chi connectivity index (χ1) is 15.4. The second-order valence-corrected chi connectivity index (χ2v) is 7.90. The molecule has 0 spiro atoms. The Labute approximate surface area is 204 Å². The van der Waals surface area contributed by atoms with Gasteiger partial charge in [0.15, 0.2) is 11.8 Å². The van der Waals surface area contributed by atoms with Crippen LogP contribution in [0.5, 0.6) is 0 Å². The highest BCUT2D eigenvalue weighted by atomic mass is 35.5. The van der Waals surface area contributed by atoms with Gasteiger partial charge in [-0.15, -0.1) is 0 Å². The zero-order valence-electron chi connectivity index (χ0n) is 18.2. The van der Waals surface area contributed by atoms with Crippen LogP contribution < -0.4 is 28.8 Å². The van der Waals surface area contributed by atoms with E-state index in [9.17, 15) is 14.4 Å². The van der Waals surface area contributed by atoms with Crippen molar-refractivity contribution in [1.29, 1.82) is 0 Å². The summed E-state index contributed by atoms with van der Waals surface area (Å²) in [5.74, 6) is -0.489. The third-order valence-electron chi connectivity index (χ3n) is 4.92. The van der Waals surface area contributed by atoms with E-state index < -0.39 is 6.04 Å². The van der Waals surface area contributed by atoms with E-state index in [4.69, 9.17) is 0 Å². The molecular formula is C25H26ClN3O3S. The highest BCUT2D eigenvalue weighted by molar-refractivity contribution is 7.80. The number of ketones is 1. The molecule has 0 fully saturated rings. The smallest absolute Gasteiger partial charge is 0.283 e. The Bertz CT molecular complexity index is 1120. The van der Waals surface area contributed by atoms with Crippen LogP contribution in [-0.2, 0) is 16.0 Å². The summed E-state index contributed by atoms with van der Waals surface area (Å²) in [6.45, 7) is 1.98. The fourth-order valence-corrected chi connectivity index (χ4v) is 3.24. The molecule has 172 valence electrons. The van der Waals surface area contributed by atoms with Crippen LogP contribution in [0.2, 0.25) is 0 Å². The number of aryl methyl sites for hydroxylation is 1. The van der Waals surface area contributed by atoms with Gasteiger partial charge in [0.1, 0.15) is 0 Å². The molecule has 0 radical (unpaired) electrons. The van der Waals surface area contributed by atoms with Gasteiger partial charge in [0.25, 0.3) is 5.91 Å². The Hall–Kier alpha value is -3.13. The van der Waals surface area contributed by atoms with Crippen molar-refractivity contribution in [3.63, 3.8) is 0 Å². The fourth-order valence-electron chi connectivity index (χ4n) is 3.08. The van der Waals surface area contributed by atoms with E-state index in [1.54, 1.807) is 42.5 Å². The van der Waals surface area contributed by atoms with E-state index in [0.717, 1.165) is 11.1 Å². The summed E-state index contributed by atoms with van der Waals surface area (Å²) in [5, 5.41) is 5.59. The van der Waals surface area contributed by atoms with Crippen LogP contribution >= 0.6 is 12.6 Å². The summed E-state index contributed by atoms with van der Waals surface area (Å²) in [6.07, 6.45) is 0.183. The minimum Gasteiger partial charge on any atom is -1.00 e. The molecule has 0 aromatic heterocycles. The number of anilines is 2. The second-order valence-electron chi connectivity index (χ2n) is 7.53. The molecule has 3 aromatic carbocycles. The van der Waals surface area contributed by atoms with Crippen molar-refractivity contribution < 1.29 is 32.5 Å². The number of carbonyl (C=O) groups excluding carboxylic acids is 3. The van der Waals surface area contributed by atoms with Crippen LogP contribution in [0, 0.1) is 6.92 Å². The molecule has 0 saturated carbocycles. The van der Waals surface area contributed by atoms with Gasteiger partial charge in [-0.05, 0) is 30.7 Å². The van der Waals surface area contributed by atoms with Gasteiger partial charge in [0, 0.05) is 16.8 Å². The summed E-state index contributed by atoms with van der Waals surface area (Å²) >= 11 is 4.10. The van der Waals surface area contributed by atoms with Gasteiger partial charge in [-0.3, -0.25) is 14.4 Å². The molecule has 5 N–H and O–H groups in total. The zero-order valence-corrected chi connectivity index (χ0v) is 19.8. The molecule has 3 aromatic rings. The van der Waals surface area contributed by atoms with Crippen molar-refractivity contribution in [2.75, 3.05) is 16.4 Å². The predicted octanol–water partition coefficient (Wildman–Crippen LogP) is -0.110. The molecule has 33 heavy (non-hydrogen) atoms. The number of hydrogen-bond acceptors (Lipinski definition) is 4. The Morgan fingerprint density at radius 3 is 2.24 bits per heavy atom. The van der Waals surface area contributed by atoms with Crippen LogP contribution in [0.4, 0.5) is 11.4 Å². The lowest BCUT2D eigenvalue weighted by Gasteiger charge is -2.14. The topological polar surface area (TPSA) is 103 Å². The molecule has 8 heteroatoms. The minimum atomic E-state index is -0.527. The minimum absolute atomic E-state index is 0. The normalized spacial score (nSPS) is 11.1. The Morgan fingerprint density at radius 1 is 0.939 bits per heavy atom. The first kappa shape index (κ1) is 26.1. The molecule has 3 rings (SSSR count). The number of rotatable bonds is 8. The standard InChI is InChI=1S/C25H25N3O3S.ClH/c1-16-7-9-17(10-8-16)13-23(29)28-22-12-11-19(27-25(31)21(26)15-32)14-20(22)24(30)18-5-3-2-4-6-18;/h2-12,14,21,32H,13,15,26H2,1H3,(H,27,31)(H,28,29);1H/t21-;/m0./s1. The molecule has 0 aliphatic carbocycles. The first-order valence-corrected chi connectivity index (χ1v) is 10.8. The predicted molar refractivity (Wildman–Crippen MR) is 129 cm³/mol. The Kier molecular flexibility index (Phi) is 9.66. The molecule has 6 nitrogen and oxygen atoms in total. The monoisotopic (exact) mass is 483 g/mol. The molecule has 0 aliphatic rings. The molecule has 0 unspecified atom stereocenters. The van der Waals surface area contributed by atoms with Crippen molar-refractivity contribution in [2.45, 2.75) is 19.4 Å². The lowest BCUT2D eigenvalue weighted by molar-refractivity contribution is -0.395.